The minimum atomic E-state index is -0.551. The van der Waals surface area contributed by atoms with E-state index in [9.17, 15) is 9.59 Å². The monoisotopic (exact) mass is 477 g/mol. The van der Waals surface area contributed by atoms with Crippen LogP contribution in [0.3, 0.4) is 0 Å². The first kappa shape index (κ1) is 23.2. The van der Waals surface area contributed by atoms with E-state index in [0.717, 1.165) is 0 Å². The first-order chi connectivity index (χ1) is 14.3. The number of carbonyl (C=O) groups excluding carboxylic acids is 2. The summed E-state index contributed by atoms with van der Waals surface area (Å²) >= 11 is 3.45. The minimum absolute atomic E-state index is 0.0176. The zero-order chi connectivity index (χ0) is 22.1. The number of para-hydroxylation sites is 2. The molecule has 0 radical (unpaired) electrons. The van der Waals surface area contributed by atoms with E-state index in [1.807, 2.05) is 13.8 Å². The van der Waals surface area contributed by atoms with E-state index >= 15 is 0 Å². The van der Waals surface area contributed by atoms with Gasteiger partial charge in [-0.1, -0.05) is 12.1 Å². The lowest BCUT2D eigenvalue weighted by Gasteiger charge is -2.15. The van der Waals surface area contributed by atoms with Crippen LogP contribution in [0.4, 0.5) is 5.69 Å². The Morgan fingerprint density at radius 1 is 1.10 bits per heavy atom. The van der Waals surface area contributed by atoms with Gasteiger partial charge in [0.15, 0.2) is 11.5 Å². The molecular formula is C21H24BrN3O5. The molecule has 0 heterocycles. The third kappa shape index (κ3) is 6.77. The third-order valence-electron chi connectivity index (χ3n) is 3.71. The van der Waals surface area contributed by atoms with Crippen LogP contribution in [0.2, 0.25) is 0 Å². The summed E-state index contributed by atoms with van der Waals surface area (Å²) in [7, 11) is 3.04. The number of hydrogen-bond donors (Lipinski definition) is 2. The standard InChI is InChI=1S/C21H24BrN3O5/c1-13(2)30-21-15(22)9-14(10-18(21)29-4)12-23-25-20(27)11-19(26)24-16-7-5-6-8-17(16)28-3/h5-10,12-13H,11H2,1-4H3,(H,24,26)(H,25,27). The highest BCUT2D eigenvalue weighted by atomic mass is 79.9. The number of anilines is 1. The van der Waals surface area contributed by atoms with Gasteiger partial charge in [-0.2, -0.15) is 5.10 Å². The molecule has 9 heteroatoms. The average Bonchev–Trinajstić information content (AvgIpc) is 2.69. The van der Waals surface area contributed by atoms with Gasteiger partial charge in [-0.05, 0) is 59.6 Å². The lowest BCUT2D eigenvalue weighted by atomic mass is 10.2. The van der Waals surface area contributed by atoms with Crippen LogP contribution >= 0.6 is 15.9 Å². The zero-order valence-electron chi connectivity index (χ0n) is 17.2. The SMILES string of the molecule is COc1ccccc1NC(=O)CC(=O)NN=Cc1cc(Br)c(OC(C)C)c(OC)c1. The van der Waals surface area contributed by atoms with Gasteiger partial charge >= 0.3 is 0 Å². The molecule has 30 heavy (non-hydrogen) atoms. The van der Waals surface area contributed by atoms with Crippen molar-refractivity contribution in [3.8, 4) is 17.2 Å². The maximum Gasteiger partial charge on any atom is 0.249 e. The number of nitrogens with zero attached hydrogens (tertiary/aromatic N) is 1. The highest BCUT2D eigenvalue weighted by Gasteiger charge is 2.13. The fourth-order valence-electron chi connectivity index (χ4n) is 2.47. The van der Waals surface area contributed by atoms with Crippen molar-refractivity contribution in [2.75, 3.05) is 19.5 Å². The van der Waals surface area contributed by atoms with E-state index in [2.05, 4.69) is 31.8 Å². The number of benzene rings is 2. The fraction of sp³-hybridized carbons (Fsp3) is 0.286. The molecule has 0 aromatic heterocycles. The van der Waals surface area contributed by atoms with Gasteiger partial charge in [0.05, 0.1) is 36.7 Å². The fourth-order valence-corrected chi connectivity index (χ4v) is 3.02. The number of amides is 2. The summed E-state index contributed by atoms with van der Waals surface area (Å²) in [5.41, 5.74) is 3.49. The molecule has 2 amide bonds. The Balaban J connectivity index is 1.95. The highest BCUT2D eigenvalue weighted by molar-refractivity contribution is 9.10. The minimum Gasteiger partial charge on any atom is -0.495 e. The van der Waals surface area contributed by atoms with Crippen molar-refractivity contribution in [2.45, 2.75) is 26.4 Å². The van der Waals surface area contributed by atoms with Crippen molar-refractivity contribution in [3.05, 3.63) is 46.4 Å². The quantitative estimate of drug-likeness (QED) is 0.325. The molecule has 2 aromatic carbocycles. The summed E-state index contributed by atoms with van der Waals surface area (Å²) in [4.78, 5) is 24.0. The van der Waals surface area contributed by atoms with Crippen LogP contribution in [0.5, 0.6) is 17.2 Å². The zero-order valence-corrected chi connectivity index (χ0v) is 18.8. The Hall–Kier alpha value is -3.07. The molecule has 160 valence electrons. The summed E-state index contributed by atoms with van der Waals surface area (Å²) in [6.07, 6.45) is 1.04. The molecule has 0 bridgehead atoms. The van der Waals surface area contributed by atoms with E-state index in [4.69, 9.17) is 14.2 Å². The largest absolute Gasteiger partial charge is 0.495 e. The van der Waals surface area contributed by atoms with E-state index in [0.29, 0.717) is 33.0 Å². The van der Waals surface area contributed by atoms with Crippen LogP contribution in [0, 0.1) is 0 Å². The van der Waals surface area contributed by atoms with Gasteiger partial charge in [0.1, 0.15) is 12.2 Å². The van der Waals surface area contributed by atoms with Gasteiger partial charge in [0.2, 0.25) is 11.8 Å². The summed E-state index contributed by atoms with van der Waals surface area (Å²) in [6, 6.07) is 10.4. The van der Waals surface area contributed by atoms with E-state index in [-0.39, 0.29) is 12.5 Å². The first-order valence-corrected chi connectivity index (χ1v) is 9.92. The van der Waals surface area contributed by atoms with Crippen LogP contribution < -0.4 is 25.0 Å². The molecule has 0 fully saturated rings. The molecule has 0 saturated heterocycles. The number of ether oxygens (including phenoxy) is 3. The third-order valence-corrected chi connectivity index (χ3v) is 4.30. The number of halogens is 1. The molecule has 2 aromatic rings. The predicted octanol–water partition coefficient (Wildman–Crippen LogP) is 3.73. The van der Waals surface area contributed by atoms with Crippen LogP contribution in [0.15, 0.2) is 46.0 Å². The molecule has 0 aliphatic carbocycles. The Morgan fingerprint density at radius 3 is 2.47 bits per heavy atom. The van der Waals surface area contributed by atoms with E-state index < -0.39 is 11.8 Å². The van der Waals surface area contributed by atoms with Crippen molar-refractivity contribution in [1.82, 2.24) is 5.43 Å². The van der Waals surface area contributed by atoms with Crippen molar-refractivity contribution in [2.24, 2.45) is 5.10 Å². The number of carbonyl (C=O) groups is 2. The molecule has 0 atom stereocenters. The Labute approximate surface area is 183 Å². The van der Waals surface area contributed by atoms with Crippen molar-refractivity contribution >= 4 is 39.6 Å². The molecule has 2 rings (SSSR count). The second-order valence-electron chi connectivity index (χ2n) is 6.42. The Morgan fingerprint density at radius 2 is 1.80 bits per heavy atom. The van der Waals surface area contributed by atoms with Gasteiger partial charge in [-0.3, -0.25) is 9.59 Å². The maximum absolute atomic E-state index is 12.1. The van der Waals surface area contributed by atoms with Crippen LogP contribution in [0.25, 0.3) is 0 Å². The van der Waals surface area contributed by atoms with E-state index in [1.165, 1.54) is 20.4 Å². The molecule has 0 aliphatic rings. The molecule has 8 nitrogen and oxygen atoms in total. The van der Waals surface area contributed by atoms with Gasteiger partial charge < -0.3 is 19.5 Å². The van der Waals surface area contributed by atoms with Crippen molar-refractivity contribution in [3.63, 3.8) is 0 Å². The number of methoxy groups -OCH3 is 2. The molecule has 0 spiro atoms. The molecule has 2 N–H and O–H groups in total. The molecule has 0 aliphatic heterocycles. The van der Waals surface area contributed by atoms with Gasteiger partial charge in [0, 0.05) is 0 Å². The summed E-state index contributed by atoms with van der Waals surface area (Å²) in [5.74, 6) is 0.591. The van der Waals surface area contributed by atoms with Crippen molar-refractivity contribution in [1.29, 1.82) is 0 Å². The lowest BCUT2D eigenvalue weighted by molar-refractivity contribution is -0.126. The second kappa shape index (κ2) is 11.2. The van der Waals surface area contributed by atoms with Gasteiger partial charge in [-0.25, -0.2) is 5.43 Å². The summed E-state index contributed by atoms with van der Waals surface area (Å²) in [6.45, 7) is 3.83. The smallest absolute Gasteiger partial charge is 0.249 e. The van der Waals surface area contributed by atoms with Gasteiger partial charge in [-0.15, -0.1) is 0 Å². The normalized spacial score (nSPS) is 10.7. The molecule has 0 unspecified atom stereocenters. The van der Waals surface area contributed by atoms with Crippen LogP contribution in [-0.2, 0) is 9.59 Å². The maximum atomic E-state index is 12.1. The number of hydrogen-bond acceptors (Lipinski definition) is 6. The number of rotatable bonds is 9. The Bertz CT molecular complexity index is 931. The average molecular weight is 478 g/mol. The van der Waals surface area contributed by atoms with Crippen LogP contribution in [0.1, 0.15) is 25.8 Å². The summed E-state index contributed by atoms with van der Waals surface area (Å²) in [5, 5.41) is 6.53. The predicted molar refractivity (Wildman–Crippen MR) is 118 cm³/mol. The number of nitrogens with one attached hydrogen (secondary N) is 2. The van der Waals surface area contributed by atoms with Gasteiger partial charge in [0.25, 0.3) is 0 Å². The molecule has 0 saturated carbocycles. The van der Waals surface area contributed by atoms with Crippen LogP contribution in [-0.4, -0.2) is 38.4 Å². The second-order valence-corrected chi connectivity index (χ2v) is 7.27. The summed E-state index contributed by atoms with van der Waals surface area (Å²) < 4.78 is 16.9. The van der Waals surface area contributed by atoms with Crippen molar-refractivity contribution < 1.29 is 23.8 Å². The Kier molecular flexibility index (Phi) is 8.67. The van der Waals surface area contributed by atoms with E-state index in [1.54, 1.807) is 36.4 Å². The topological polar surface area (TPSA) is 98.2 Å². The highest BCUT2D eigenvalue weighted by Crippen LogP contribution is 2.37. The lowest BCUT2D eigenvalue weighted by Crippen LogP contribution is -2.24. The first-order valence-electron chi connectivity index (χ1n) is 9.13. The number of hydrazone groups is 1. The molecular weight excluding hydrogens is 454 g/mol.